The van der Waals surface area contributed by atoms with Crippen LogP contribution < -0.4 is 0 Å². The lowest BCUT2D eigenvalue weighted by Gasteiger charge is -2.17. The summed E-state index contributed by atoms with van der Waals surface area (Å²) in [5.41, 5.74) is 1.58. The predicted molar refractivity (Wildman–Crippen MR) is 69.3 cm³/mol. The summed E-state index contributed by atoms with van der Waals surface area (Å²) in [6.45, 7) is 3.67. The van der Waals surface area contributed by atoms with Gasteiger partial charge in [0.1, 0.15) is 18.2 Å². The molecule has 1 aliphatic carbocycles. The number of Topliss-reactive ketones (excluding diaryl/α,β-unsaturated/α-hetero) is 1. The molecule has 0 radical (unpaired) electrons. The highest BCUT2D eigenvalue weighted by Crippen LogP contribution is 2.33. The Labute approximate surface area is 112 Å². The molecule has 19 heavy (non-hydrogen) atoms. The summed E-state index contributed by atoms with van der Waals surface area (Å²) in [6.07, 6.45) is 5.58. The first-order valence-corrected chi connectivity index (χ1v) is 6.57. The van der Waals surface area contributed by atoms with Gasteiger partial charge in [-0.05, 0) is 31.4 Å². The third kappa shape index (κ3) is 2.83. The topological polar surface area (TPSA) is 60.4 Å². The Hall–Kier alpha value is -1.71. The molecule has 3 atom stereocenters. The SMILES string of the molecule is CC1=CC2OC(=O)C(C)C2C(=O)CC(C=O)=CCC1. The summed E-state index contributed by atoms with van der Waals surface area (Å²) in [5.74, 6) is -1.33. The molecule has 0 bridgehead atoms. The van der Waals surface area contributed by atoms with E-state index in [0.717, 1.165) is 24.7 Å². The first-order chi connectivity index (χ1) is 9.02. The van der Waals surface area contributed by atoms with E-state index in [1.54, 1.807) is 6.92 Å². The molecule has 102 valence electrons. The average molecular weight is 262 g/mol. The number of hydrogen-bond acceptors (Lipinski definition) is 4. The number of carbonyl (C=O) groups is 3. The van der Waals surface area contributed by atoms with Crippen molar-refractivity contribution in [2.45, 2.75) is 39.2 Å². The Morgan fingerprint density at radius 2 is 2.11 bits per heavy atom. The maximum absolute atomic E-state index is 12.3. The van der Waals surface area contributed by atoms with Crippen LogP contribution in [0.15, 0.2) is 23.3 Å². The molecule has 1 aliphatic heterocycles. The molecule has 0 aromatic carbocycles. The molecule has 1 heterocycles. The third-order valence-electron chi connectivity index (χ3n) is 3.81. The van der Waals surface area contributed by atoms with Gasteiger partial charge in [0.2, 0.25) is 0 Å². The van der Waals surface area contributed by atoms with Crippen LogP contribution in [0.5, 0.6) is 0 Å². The van der Waals surface area contributed by atoms with Crippen molar-refractivity contribution in [1.29, 1.82) is 0 Å². The van der Waals surface area contributed by atoms with Crippen LogP contribution >= 0.6 is 0 Å². The Morgan fingerprint density at radius 3 is 2.79 bits per heavy atom. The lowest BCUT2D eigenvalue weighted by molar-refractivity contribution is -0.142. The largest absolute Gasteiger partial charge is 0.457 e. The fourth-order valence-electron chi connectivity index (χ4n) is 2.68. The fourth-order valence-corrected chi connectivity index (χ4v) is 2.68. The molecular weight excluding hydrogens is 244 g/mol. The van der Waals surface area contributed by atoms with Crippen molar-refractivity contribution in [3.05, 3.63) is 23.3 Å². The number of allylic oxidation sites excluding steroid dienone is 3. The van der Waals surface area contributed by atoms with Crippen molar-refractivity contribution in [1.82, 2.24) is 0 Å². The maximum Gasteiger partial charge on any atom is 0.310 e. The summed E-state index contributed by atoms with van der Waals surface area (Å²) in [5, 5.41) is 0. The van der Waals surface area contributed by atoms with Gasteiger partial charge in [-0.1, -0.05) is 18.6 Å². The predicted octanol–water partition coefficient (Wildman–Crippen LogP) is 1.99. The van der Waals surface area contributed by atoms with Crippen molar-refractivity contribution in [3.63, 3.8) is 0 Å². The minimum absolute atomic E-state index is 0.0901. The highest BCUT2D eigenvalue weighted by Gasteiger charge is 2.44. The van der Waals surface area contributed by atoms with Crippen LogP contribution in [0.4, 0.5) is 0 Å². The normalized spacial score (nSPS) is 32.0. The third-order valence-corrected chi connectivity index (χ3v) is 3.81. The Morgan fingerprint density at radius 1 is 1.37 bits per heavy atom. The van der Waals surface area contributed by atoms with E-state index in [4.69, 9.17) is 4.74 Å². The lowest BCUT2D eigenvalue weighted by Crippen LogP contribution is -2.28. The number of fused-ring (bicyclic) bond motifs is 1. The molecule has 4 heteroatoms. The van der Waals surface area contributed by atoms with E-state index in [-0.39, 0.29) is 18.2 Å². The highest BCUT2D eigenvalue weighted by atomic mass is 16.6. The second-order valence-corrected chi connectivity index (χ2v) is 5.31. The number of ketones is 1. The Bertz CT molecular complexity index is 473. The number of rotatable bonds is 1. The van der Waals surface area contributed by atoms with E-state index in [1.165, 1.54) is 0 Å². The van der Waals surface area contributed by atoms with E-state index in [2.05, 4.69) is 0 Å². The number of carbonyl (C=O) groups excluding carboxylic acids is 3. The smallest absolute Gasteiger partial charge is 0.310 e. The van der Waals surface area contributed by atoms with Gasteiger partial charge in [-0.2, -0.15) is 0 Å². The monoisotopic (exact) mass is 262 g/mol. The second kappa shape index (κ2) is 5.51. The summed E-state index contributed by atoms with van der Waals surface area (Å²) < 4.78 is 5.28. The highest BCUT2D eigenvalue weighted by molar-refractivity contribution is 5.94. The number of hydrogen-bond donors (Lipinski definition) is 0. The van der Waals surface area contributed by atoms with E-state index in [0.29, 0.717) is 5.57 Å². The molecule has 2 rings (SSSR count). The van der Waals surface area contributed by atoms with E-state index >= 15 is 0 Å². The molecule has 1 fully saturated rings. The van der Waals surface area contributed by atoms with Gasteiger partial charge >= 0.3 is 5.97 Å². The first kappa shape index (κ1) is 13.7. The van der Waals surface area contributed by atoms with Crippen LogP contribution in [0.25, 0.3) is 0 Å². The zero-order valence-electron chi connectivity index (χ0n) is 11.2. The summed E-state index contributed by atoms with van der Waals surface area (Å²) >= 11 is 0. The van der Waals surface area contributed by atoms with Crippen molar-refractivity contribution in [2.24, 2.45) is 11.8 Å². The lowest BCUT2D eigenvalue weighted by atomic mass is 9.83. The molecule has 0 saturated carbocycles. The Balaban J connectivity index is 2.34. The van der Waals surface area contributed by atoms with Gasteiger partial charge in [-0.25, -0.2) is 0 Å². The van der Waals surface area contributed by atoms with Crippen molar-refractivity contribution >= 4 is 18.0 Å². The van der Waals surface area contributed by atoms with Gasteiger partial charge in [0.25, 0.3) is 0 Å². The van der Waals surface area contributed by atoms with Crippen LogP contribution in [0.1, 0.15) is 33.1 Å². The van der Waals surface area contributed by atoms with Crippen LogP contribution in [0.2, 0.25) is 0 Å². The van der Waals surface area contributed by atoms with E-state index in [1.807, 2.05) is 19.1 Å². The van der Waals surface area contributed by atoms with Gasteiger partial charge in [0.15, 0.2) is 0 Å². The van der Waals surface area contributed by atoms with Gasteiger partial charge in [0.05, 0.1) is 11.8 Å². The summed E-state index contributed by atoms with van der Waals surface area (Å²) in [7, 11) is 0. The molecule has 0 aromatic rings. The number of aldehydes is 1. The van der Waals surface area contributed by atoms with Gasteiger partial charge in [-0.15, -0.1) is 0 Å². The average Bonchev–Trinajstić information content (AvgIpc) is 2.63. The quantitative estimate of drug-likeness (QED) is 0.412. The standard InChI is InChI=1S/C15H18O4/c1-9-4-3-5-11(8-16)7-12(17)14-10(2)15(18)19-13(14)6-9/h5-6,8,10,13-14H,3-4,7H2,1-2H3. The fraction of sp³-hybridized carbons (Fsp3) is 0.533. The van der Waals surface area contributed by atoms with Crippen LogP contribution in [0, 0.1) is 11.8 Å². The molecule has 0 amide bonds. The zero-order chi connectivity index (χ0) is 14.0. The second-order valence-electron chi connectivity index (χ2n) is 5.31. The summed E-state index contributed by atoms with van der Waals surface area (Å²) in [4.78, 5) is 34.9. The number of ether oxygens (including phenoxy) is 1. The molecule has 2 aliphatic rings. The summed E-state index contributed by atoms with van der Waals surface area (Å²) in [6, 6.07) is 0. The molecule has 0 spiro atoms. The van der Waals surface area contributed by atoms with Gasteiger partial charge < -0.3 is 4.74 Å². The van der Waals surface area contributed by atoms with Crippen molar-refractivity contribution in [3.8, 4) is 0 Å². The van der Waals surface area contributed by atoms with E-state index < -0.39 is 17.9 Å². The molecule has 4 nitrogen and oxygen atoms in total. The minimum atomic E-state index is -0.471. The molecule has 0 N–H and O–H groups in total. The molecular formula is C15H18O4. The van der Waals surface area contributed by atoms with Crippen LogP contribution in [-0.4, -0.2) is 24.1 Å². The first-order valence-electron chi connectivity index (χ1n) is 6.57. The minimum Gasteiger partial charge on any atom is -0.457 e. The van der Waals surface area contributed by atoms with E-state index in [9.17, 15) is 14.4 Å². The van der Waals surface area contributed by atoms with Crippen molar-refractivity contribution in [2.75, 3.05) is 0 Å². The van der Waals surface area contributed by atoms with Gasteiger partial charge in [-0.3, -0.25) is 14.4 Å². The van der Waals surface area contributed by atoms with Crippen LogP contribution in [0.3, 0.4) is 0 Å². The van der Waals surface area contributed by atoms with Crippen LogP contribution in [-0.2, 0) is 19.1 Å². The molecule has 0 aromatic heterocycles. The zero-order valence-corrected chi connectivity index (χ0v) is 11.2. The number of esters is 1. The molecule has 3 unspecified atom stereocenters. The van der Waals surface area contributed by atoms with Crippen molar-refractivity contribution < 1.29 is 19.1 Å². The Kier molecular flexibility index (Phi) is 3.98. The van der Waals surface area contributed by atoms with Gasteiger partial charge in [0, 0.05) is 6.42 Å². The molecule has 1 saturated heterocycles. The maximum atomic E-state index is 12.3.